The van der Waals surface area contributed by atoms with E-state index in [1.165, 1.54) is 6.07 Å². The number of hydrogen-bond donors (Lipinski definition) is 2. The maximum Gasteiger partial charge on any atom is 0.313 e. The first-order valence-corrected chi connectivity index (χ1v) is 8.83. The molecule has 1 aliphatic carbocycles. The van der Waals surface area contributed by atoms with Gasteiger partial charge in [0.05, 0.1) is 16.8 Å². The van der Waals surface area contributed by atoms with Gasteiger partial charge in [-0.1, -0.05) is 60.5 Å². The van der Waals surface area contributed by atoms with E-state index in [1.807, 2.05) is 30.3 Å². The molecular formula is C19H18Cl2N2O2. The van der Waals surface area contributed by atoms with E-state index < -0.39 is 11.8 Å². The standard InChI is InChI=1S/C19H18Cl2N2O2/c1-11-9-14(11)17(12-5-3-2-4-6-12)23-19(25)18(24)22-16-8-7-13(20)10-15(16)21/h2-8,10-11,14,17H,9H2,1H3,(H,22,24)(H,23,25). The van der Waals surface area contributed by atoms with Crippen LogP contribution in [0.2, 0.25) is 10.0 Å². The van der Waals surface area contributed by atoms with Crippen molar-refractivity contribution in [3.63, 3.8) is 0 Å². The molecule has 4 nitrogen and oxygen atoms in total. The topological polar surface area (TPSA) is 58.2 Å². The molecule has 2 N–H and O–H groups in total. The quantitative estimate of drug-likeness (QED) is 0.774. The Morgan fingerprint density at radius 1 is 1.08 bits per heavy atom. The number of carbonyl (C=O) groups is 2. The van der Waals surface area contributed by atoms with Gasteiger partial charge in [-0.3, -0.25) is 9.59 Å². The SMILES string of the molecule is CC1CC1C(NC(=O)C(=O)Nc1ccc(Cl)cc1Cl)c1ccccc1. The Balaban J connectivity index is 1.70. The Labute approximate surface area is 156 Å². The van der Waals surface area contributed by atoms with E-state index in [9.17, 15) is 9.59 Å². The van der Waals surface area contributed by atoms with Crippen molar-refractivity contribution in [3.8, 4) is 0 Å². The first kappa shape index (κ1) is 17.8. The van der Waals surface area contributed by atoms with Gasteiger partial charge in [0.15, 0.2) is 0 Å². The van der Waals surface area contributed by atoms with Crippen LogP contribution in [0, 0.1) is 11.8 Å². The molecule has 6 heteroatoms. The minimum atomic E-state index is -0.751. The molecule has 2 aromatic carbocycles. The molecule has 0 heterocycles. The highest BCUT2D eigenvalue weighted by Crippen LogP contribution is 2.46. The van der Waals surface area contributed by atoms with Crippen molar-refractivity contribution < 1.29 is 9.59 Å². The van der Waals surface area contributed by atoms with E-state index in [0.29, 0.717) is 22.5 Å². The number of hydrogen-bond acceptors (Lipinski definition) is 2. The third-order valence-electron chi connectivity index (χ3n) is 4.43. The van der Waals surface area contributed by atoms with Crippen molar-refractivity contribution in [2.45, 2.75) is 19.4 Å². The highest BCUT2D eigenvalue weighted by molar-refractivity contribution is 6.42. The molecule has 0 radical (unpaired) electrons. The first-order chi connectivity index (χ1) is 12.0. The van der Waals surface area contributed by atoms with Crippen LogP contribution in [-0.4, -0.2) is 11.8 Å². The van der Waals surface area contributed by atoms with Gasteiger partial charge in [-0.25, -0.2) is 0 Å². The van der Waals surface area contributed by atoms with Gasteiger partial charge in [0.25, 0.3) is 0 Å². The van der Waals surface area contributed by atoms with Crippen LogP contribution in [-0.2, 0) is 9.59 Å². The summed E-state index contributed by atoms with van der Waals surface area (Å²) in [6, 6.07) is 14.2. The maximum absolute atomic E-state index is 12.4. The van der Waals surface area contributed by atoms with E-state index in [1.54, 1.807) is 12.1 Å². The van der Waals surface area contributed by atoms with Crippen molar-refractivity contribution in [3.05, 3.63) is 64.1 Å². The van der Waals surface area contributed by atoms with Crippen LogP contribution in [0.4, 0.5) is 5.69 Å². The summed E-state index contributed by atoms with van der Waals surface area (Å²) in [4.78, 5) is 24.6. The molecule has 0 aromatic heterocycles. The average Bonchev–Trinajstić information content (AvgIpc) is 3.32. The van der Waals surface area contributed by atoms with Crippen LogP contribution in [0.15, 0.2) is 48.5 Å². The summed E-state index contributed by atoms with van der Waals surface area (Å²) < 4.78 is 0. The molecule has 3 rings (SSSR count). The van der Waals surface area contributed by atoms with Gasteiger partial charge in [-0.15, -0.1) is 0 Å². The molecule has 2 aromatic rings. The van der Waals surface area contributed by atoms with E-state index in [-0.39, 0.29) is 11.1 Å². The third-order valence-corrected chi connectivity index (χ3v) is 4.98. The van der Waals surface area contributed by atoms with Crippen LogP contribution < -0.4 is 10.6 Å². The molecule has 1 fully saturated rings. The second-order valence-corrected chi connectivity index (χ2v) is 7.16. The zero-order valence-electron chi connectivity index (χ0n) is 13.6. The maximum atomic E-state index is 12.4. The third kappa shape index (κ3) is 4.33. The monoisotopic (exact) mass is 376 g/mol. The fourth-order valence-electron chi connectivity index (χ4n) is 2.89. The number of amides is 2. The van der Waals surface area contributed by atoms with Gasteiger partial charge in [-0.05, 0) is 42.0 Å². The Morgan fingerprint density at radius 3 is 2.36 bits per heavy atom. The van der Waals surface area contributed by atoms with Crippen LogP contribution in [0.5, 0.6) is 0 Å². The first-order valence-electron chi connectivity index (χ1n) is 8.07. The van der Waals surface area contributed by atoms with Crippen molar-refractivity contribution >= 4 is 40.7 Å². The summed E-state index contributed by atoms with van der Waals surface area (Å²) in [5.41, 5.74) is 1.35. The molecule has 1 aliphatic rings. The van der Waals surface area contributed by atoms with E-state index in [4.69, 9.17) is 23.2 Å². The van der Waals surface area contributed by atoms with Crippen molar-refractivity contribution in [2.24, 2.45) is 11.8 Å². The lowest BCUT2D eigenvalue weighted by Gasteiger charge is -2.19. The molecular weight excluding hydrogens is 359 g/mol. The van der Waals surface area contributed by atoms with Crippen molar-refractivity contribution in [1.29, 1.82) is 0 Å². The van der Waals surface area contributed by atoms with Crippen LogP contribution in [0.1, 0.15) is 24.9 Å². The highest BCUT2D eigenvalue weighted by Gasteiger charge is 2.41. The van der Waals surface area contributed by atoms with Gasteiger partial charge >= 0.3 is 11.8 Å². The smallest absolute Gasteiger partial charge is 0.313 e. The summed E-state index contributed by atoms with van der Waals surface area (Å²) >= 11 is 11.9. The minimum Gasteiger partial charge on any atom is -0.341 e. The van der Waals surface area contributed by atoms with Gasteiger partial charge in [0, 0.05) is 5.02 Å². The van der Waals surface area contributed by atoms with Gasteiger partial charge in [-0.2, -0.15) is 0 Å². The molecule has 3 unspecified atom stereocenters. The Morgan fingerprint density at radius 2 is 1.76 bits per heavy atom. The number of carbonyl (C=O) groups excluding carboxylic acids is 2. The van der Waals surface area contributed by atoms with E-state index in [0.717, 1.165) is 12.0 Å². The number of rotatable bonds is 4. The Kier molecular flexibility index (Phi) is 5.30. The summed E-state index contributed by atoms with van der Waals surface area (Å²) in [5, 5.41) is 6.12. The fraction of sp³-hybridized carbons (Fsp3) is 0.263. The number of halogens is 2. The summed E-state index contributed by atoms with van der Waals surface area (Å²) in [6.07, 6.45) is 1.03. The second-order valence-electron chi connectivity index (χ2n) is 6.32. The lowest BCUT2D eigenvalue weighted by molar-refractivity contribution is -0.136. The molecule has 0 bridgehead atoms. The van der Waals surface area contributed by atoms with E-state index in [2.05, 4.69) is 17.6 Å². The van der Waals surface area contributed by atoms with Gasteiger partial charge in [0.2, 0.25) is 0 Å². The zero-order chi connectivity index (χ0) is 18.0. The van der Waals surface area contributed by atoms with Crippen LogP contribution in [0.3, 0.4) is 0 Å². The molecule has 25 heavy (non-hydrogen) atoms. The zero-order valence-corrected chi connectivity index (χ0v) is 15.1. The fourth-order valence-corrected chi connectivity index (χ4v) is 3.35. The van der Waals surface area contributed by atoms with Crippen LogP contribution in [0.25, 0.3) is 0 Å². The average molecular weight is 377 g/mol. The van der Waals surface area contributed by atoms with Crippen molar-refractivity contribution in [1.82, 2.24) is 5.32 Å². The number of anilines is 1. The van der Waals surface area contributed by atoms with Gasteiger partial charge < -0.3 is 10.6 Å². The molecule has 0 spiro atoms. The Bertz CT molecular complexity index is 795. The normalized spacial score (nSPS) is 19.8. The largest absolute Gasteiger partial charge is 0.341 e. The number of nitrogens with one attached hydrogen (secondary N) is 2. The highest BCUT2D eigenvalue weighted by atomic mass is 35.5. The molecule has 130 valence electrons. The van der Waals surface area contributed by atoms with E-state index >= 15 is 0 Å². The van der Waals surface area contributed by atoms with Gasteiger partial charge in [0.1, 0.15) is 0 Å². The summed E-state index contributed by atoms with van der Waals surface area (Å²) in [7, 11) is 0. The summed E-state index contributed by atoms with van der Waals surface area (Å²) in [5.74, 6) is -0.560. The molecule has 2 amide bonds. The predicted molar refractivity (Wildman–Crippen MR) is 99.7 cm³/mol. The van der Waals surface area contributed by atoms with Crippen LogP contribution >= 0.6 is 23.2 Å². The number of benzene rings is 2. The molecule has 1 saturated carbocycles. The summed E-state index contributed by atoms with van der Waals surface area (Å²) in [6.45, 7) is 2.14. The lowest BCUT2D eigenvalue weighted by atomic mass is 10.0. The predicted octanol–water partition coefficient (Wildman–Crippen LogP) is 4.45. The molecule has 3 atom stereocenters. The van der Waals surface area contributed by atoms with Crippen molar-refractivity contribution in [2.75, 3.05) is 5.32 Å². The molecule has 0 saturated heterocycles. The minimum absolute atomic E-state index is 0.171. The lowest BCUT2D eigenvalue weighted by Crippen LogP contribution is -2.38. The second kappa shape index (κ2) is 7.46. The molecule has 0 aliphatic heterocycles. The Hall–Kier alpha value is -2.04.